The summed E-state index contributed by atoms with van der Waals surface area (Å²) in [6, 6.07) is 15.5. The van der Waals surface area contributed by atoms with Crippen molar-refractivity contribution < 1.29 is 4.79 Å². The van der Waals surface area contributed by atoms with E-state index in [2.05, 4.69) is 39.4 Å². The standard InChI is InChI=1S/C18H19BrN2O/c19-15-6-2-5-14(11-15)18(8-3-9-18)12-21-17(22)13-4-1-7-16(20)10-13/h1-2,4-7,10-11H,3,8-9,12,20H2,(H,21,22). The third-order valence-corrected chi connectivity index (χ3v) is 4.98. The molecule has 114 valence electrons. The Kier molecular flexibility index (Phi) is 4.21. The summed E-state index contributed by atoms with van der Waals surface area (Å²) in [6.07, 6.45) is 3.43. The molecule has 0 heterocycles. The van der Waals surface area contributed by atoms with Crippen LogP contribution in [0.3, 0.4) is 0 Å². The number of hydrogen-bond acceptors (Lipinski definition) is 2. The Morgan fingerprint density at radius 1 is 1.18 bits per heavy atom. The van der Waals surface area contributed by atoms with Gasteiger partial charge in [0.05, 0.1) is 0 Å². The molecule has 1 amide bonds. The van der Waals surface area contributed by atoms with E-state index in [1.165, 1.54) is 12.0 Å². The molecule has 1 aliphatic carbocycles. The highest BCUT2D eigenvalue weighted by molar-refractivity contribution is 9.10. The summed E-state index contributed by atoms with van der Waals surface area (Å²) in [5, 5.41) is 3.08. The summed E-state index contributed by atoms with van der Waals surface area (Å²) >= 11 is 3.53. The first kappa shape index (κ1) is 15.1. The number of carbonyl (C=O) groups excluding carboxylic acids is 1. The molecule has 0 spiro atoms. The second-order valence-electron chi connectivity index (χ2n) is 5.95. The van der Waals surface area contributed by atoms with Gasteiger partial charge >= 0.3 is 0 Å². The normalized spacial score (nSPS) is 15.9. The van der Waals surface area contributed by atoms with Crippen molar-refractivity contribution in [2.24, 2.45) is 0 Å². The molecular formula is C18H19BrN2O. The van der Waals surface area contributed by atoms with Crippen LogP contribution in [0.25, 0.3) is 0 Å². The zero-order valence-electron chi connectivity index (χ0n) is 12.3. The number of benzene rings is 2. The Morgan fingerprint density at radius 2 is 1.95 bits per heavy atom. The predicted octanol–water partition coefficient (Wildman–Crippen LogP) is 3.88. The lowest BCUT2D eigenvalue weighted by Crippen LogP contribution is -2.45. The second kappa shape index (κ2) is 6.13. The molecule has 1 saturated carbocycles. The average molecular weight is 359 g/mol. The first-order chi connectivity index (χ1) is 10.6. The van der Waals surface area contributed by atoms with Crippen molar-refractivity contribution in [3.63, 3.8) is 0 Å². The highest BCUT2D eigenvalue weighted by atomic mass is 79.9. The molecule has 3 rings (SSSR count). The van der Waals surface area contributed by atoms with Crippen molar-refractivity contribution in [1.29, 1.82) is 0 Å². The maximum atomic E-state index is 12.3. The molecule has 0 aliphatic heterocycles. The summed E-state index contributed by atoms with van der Waals surface area (Å²) in [6.45, 7) is 0.664. The van der Waals surface area contributed by atoms with Gasteiger partial charge in [-0.25, -0.2) is 0 Å². The molecule has 0 bridgehead atoms. The van der Waals surface area contributed by atoms with Gasteiger partial charge in [-0.2, -0.15) is 0 Å². The summed E-state index contributed by atoms with van der Waals surface area (Å²) in [7, 11) is 0. The average Bonchev–Trinajstić information content (AvgIpc) is 2.46. The van der Waals surface area contributed by atoms with Crippen LogP contribution >= 0.6 is 15.9 Å². The number of amides is 1. The maximum Gasteiger partial charge on any atom is 0.251 e. The third kappa shape index (κ3) is 3.02. The number of nitrogens with one attached hydrogen (secondary N) is 1. The van der Waals surface area contributed by atoms with Gasteiger partial charge in [0.1, 0.15) is 0 Å². The monoisotopic (exact) mass is 358 g/mol. The molecule has 4 heteroatoms. The topological polar surface area (TPSA) is 55.1 Å². The second-order valence-corrected chi connectivity index (χ2v) is 6.87. The van der Waals surface area contributed by atoms with Crippen LogP contribution in [-0.4, -0.2) is 12.5 Å². The van der Waals surface area contributed by atoms with E-state index in [1.54, 1.807) is 24.3 Å². The van der Waals surface area contributed by atoms with Crippen molar-refractivity contribution in [3.05, 3.63) is 64.1 Å². The molecule has 0 radical (unpaired) electrons. The van der Waals surface area contributed by atoms with Crippen molar-refractivity contribution in [1.82, 2.24) is 5.32 Å². The summed E-state index contributed by atoms with van der Waals surface area (Å²) in [5.74, 6) is -0.0615. The maximum absolute atomic E-state index is 12.3. The summed E-state index contributed by atoms with van der Waals surface area (Å²) in [4.78, 5) is 12.3. The molecule has 2 aromatic rings. The fraction of sp³-hybridized carbons (Fsp3) is 0.278. The molecule has 1 fully saturated rings. The van der Waals surface area contributed by atoms with Gasteiger partial charge in [0.25, 0.3) is 5.91 Å². The number of carbonyl (C=O) groups is 1. The van der Waals surface area contributed by atoms with Crippen LogP contribution in [0.2, 0.25) is 0 Å². The lowest BCUT2D eigenvalue weighted by atomic mass is 9.64. The molecule has 3 N–H and O–H groups in total. The molecule has 3 nitrogen and oxygen atoms in total. The van der Waals surface area contributed by atoms with E-state index in [-0.39, 0.29) is 11.3 Å². The quantitative estimate of drug-likeness (QED) is 0.814. The lowest BCUT2D eigenvalue weighted by molar-refractivity contribution is 0.0928. The molecule has 0 aromatic heterocycles. The van der Waals surface area contributed by atoms with Gasteiger partial charge < -0.3 is 11.1 Å². The van der Waals surface area contributed by atoms with E-state index in [4.69, 9.17) is 5.73 Å². The number of hydrogen-bond donors (Lipinski definition) is 2. The van der Waals surface area contributed by atoms with Gasteiger partial charge in [0.2, 0.25) is 0 Å². The van der Waals surface area contributed by atoms with Crippen molar-refractivity contribution >= 4 is 27.5 Å². The SMILES string of the molecule is Nc1cccc(C(=O)NCC2(c3cccc(Br)c3)CCC2)c1. The Labute approximate surface area is 139 Å². The highest BCUT2D eigenvalue weighted by Crippen LogP contribution is 2.43. The lowest BCUT2D eigenvalue weighted by Gasteiger charge is -2.42. The zero-order chi connectivity index (χ0) is 15.6. The van der Waals surface area contributed by atoms with E-state index in [0.717, 1.165) is 17.3 Å². The number of halogens is 1. The van der Waals surface area contributed by atoms with E-state index >= 15 is 0 Å². The van der Waals surface area contributed by atoms with Gasteiger partial charge in [-0.05, 0) is 48.7 Å². The smallest absolute Gasteiger partial charge is 0.251 e. The number of nitrogen functional groups attached to an aromatic ring is 1. The summed E-state index contributed by atoms with van der Waals surface area (Å²) in [5.41, 5.74) is 8.32. The molecule has 1 aliphatic rings. The van der Waals surface area contributed by atoms with E-state index in [0.29, 0.717) is 17.8 Å². The Bertz CT molecular complexity index is 695. The van der Waals surface area contributed by atoms with Gasteiger partial charge in [-0.1, -0.05) is 40.5 Å². The molecule has 0 unspecified atom stereocenters. The van der Waals surface area contributed by atoms with Gasteiger partial charge in [0, 0.05) is 27.7 Å². The fourth-order valence-electron chi connectivity index (χ4n) is 3.02. The van der Waals surface area contributed by atoms with E-state index in [1.807, 2.05) is 6.07 Å². The first-order valence-corrected chi connectivity index (χ1v) is 8.28. The fourth-order valence-corrected chi connectivity index (χ4v) is 3.42. The largest absolute Gasteiger partial charge is 0.399 e. The molecule has 22 heavy (non-hydrogen) atoms. The van der Waals surface area contributed by atoms with Gasteiger partial charge in [-0.3, -0.25) is 4.79 Å². The van der Waals surface area contributed by atoms with Crippen LogP contribution in [0.5, 0.6) is 0 Å². The summed E-state index contributed by atoms with van der Waals surface area (Å²) < 4.78 is 1.08. The van der Waals surface area contributed by atoms with Crippen LogP contribution in [0, 0.1) is 0 Å². The molecule has 2 aromatic carbocycles. The number of anilines is 1. The van der Waals surface area contributed by atoms with Crippen LogP contribution in [0.15, 0.2) is 53.0 Å². The minimum absolute atomic E-state index is 0.0615. The predicted molar refractivity (Wildman–Crippen MR) is 92.9 cm³/mol. The number of rotatable bonds is 4. The molecule has 0 saturated heterocycles. The van der Waals surface area contributed by atoms with Crippen LogP contribution < -0.4 is 11.1 Å². The van der Waals surface area contributed by atoms with Crippen molar-refractivity contribution in [3.8, 4) is 0 Å². The number of nitrogens with two attached hydrogens (primary N) is 1. The first-order valence-electron chi connectivity index (χ1n) is 7.49. The third-order valence-electron chi connectivity index (χ3n) is 4.48. The Balaban J connectivity index is 1.73. The highest BCUT2D eigenvalue weighted by Gasteiger charge is 2.38. The van der Waals surface area contributed by atoms with Crippen molar-refractivity contribution in [2.45, 2.75) is 24.7 Å². The van der Waals surface area contributed by atoms with Crippen LogP contribution in [0.4, 0.5) is 5.69 Å². The van der Waals surface area contributed by atoms with Gasteiger partial charge in [0.15, 0.2) is 0 Å². The van der Waals surface area contributed by atoms with E-state index in [9.17, 15) is 4.79 Å². The van der Waals surface area contributed by atoms with E-state index < -0.39 is 0 Å². The van der Waals surface area contributed by atoms with Gasteiger partial charge in [-0.15, -0.1) is 0 Å². The zero-order valence-corrected chi connectivity index (χ0v) is 13.9. The van der Waals surface area contributed by atoms with Crippen molar-refractivity contribution in [2.75, 3.05) is 12.3 Å². The Morgan fingerprint density at radius 3 is 2.59 bits per heavy atom. The molecular weight excluding hydrogens is 340 g/mol. The molecule has 0 atom stereocenters. The minimum Gasteiger partial charge on any atom is -0.399 e. The van der Waals surface area contributed by atoms with Crippen LogP contribution in [-0.2, 0) is 5.41 Å². The van der Waals surface area contributed by atoms with Crippen LogP contribution in [0.1, 0.15) is 35.2 Å². The Hall–Kier alpha value is -1.81. The minimum atomic E-state index is -0.0615.